The van der Waals surface area contributed by atoms with Gasteiger partial charge < -0.3 is 4.74 Å². The predicted molar refractivity (Wildman–Crippen MR) is 61.0 cm³/mol. The van der Waals surface area contributed by atoms with Gasteiger partial charge in [-0.3, -0.25) is 11.3 Å². The highest BCUT2D eigenvalue weighted by molar-refractivity contribution is 4.90. The summed E-state index contributed by atoms with van der Waals surface area (Å²) >= 11 is 0. The largest absolute Gasteiger partial charge is 0.374 e. The Labute approximate surface area is 88.4 Å². The molecule has 1 unspecified atom stereocenters. The Morgan fingerprint density at radius 1 is 1.21 bits per heavy atom. The lowest BCUT2D eigenvalue weighted by atomic mass is 9.86. The third kappa shape index (κ3) is 3.23. The van der Waals surface area contributed by atoms with Gasteiger partial charge in [-0.2, -0.15) is 0 Å². The lowest BCUT2D eigenvalue weighted by Gasteiger charge is -2.39. The first kappa shape index (κ1) is 13.9. The highest BCUT2D eigenvalue weighted by Gasteiger charge is 2.35. The molecule has 86 valence electrons. The lowest BCUT2D eigenvalue weighted by molar-refractivity contribution is -0.0739. The molecule has 0 radical (unpaired) electrons. The van der Waals surface area contributed by atoms with Crippen LogP contribution >= 0.6 is 0 Å². The number of ether oxygens (including phenoxy) is 1. The van der Waals surface area contributed by atoms with Gasteiger partial charge in [0.1, 0.15) is 0 Å². The molecule has 0 aromatic rings. The Hall–Kier alpha value is -0.120. The fraction of sp³-hybridized carbons (Fsp3) is 1.00. The molecule has 0 rings (SSSR count). The first-order valence-electron chi connectivity index (χ1n) is 5.80. The zero-order valence-electron chi connectivity index (χ0n) is 10.1. The van der Waals surface area contributed by atoms with Crippen LogP contribution in [0.4, 0.5) is 0 Å². The summed E-state index contributed by atoms with van der Waals surface area (Å²) in [6.45, 7) is 9.30. The molecule has 0 aliphatic carbocycles. The monoisotopic (exact) mass is 202 g/mol. The average Bonchev–Trinajstić information content (AvgIpc) is 2.23. The van der Waals surface area contributed by atoms with Crippen LogP contribution in [0.3, 0.4) is 0 Å². The van der Waals surface area contributed by atoms with Crippen molar-refractivity contribution in [1.29, 1.82) is 0 Å². The zero-order chi connectivity index (χ0) is 11.0. The molecule has 0 heterocycles. The lowest BCUT2D eigenvalue weighted by Crippen LogP contribution is -2.54. The van der Waals surface area contributed by atoms with Crippen molar-refractivity contribution in [2.45, 2.75) is 65.0 Å². The smallest absolute Gasteiger partial charge is 0.0842 e. The first-order valence-corrected chi connectivity index (χ1v) is 5.80. The van der Waals surface area contributed by atoms with Crippen LogP contribution in [-0.2, 0) is 4.74 Å². The van der Waals surface area contributed by atoms with Gasteiger partial charge in [0, 0.05) is 6.61 Å². The average molecular weight is 202 g/mol. The second-order valence-corrected chi connectivity index (χ2v) is 3.71. The van der Waals surface area contributed by atoms with E-state index in [1.807, 2.05) is 6.92 Å². The summed E-state index contributed by atoms with van der Waals surface area (Å²) in [7, 11) is 0. The Morgan fingerprint density at radius 2 is 1.79 bits per heavy atom. The minimum atomic E-state index is -0.0838. The zero-order valence-corrected chi connectivity index (χ0v) is 10.1. The van der Waals surface area contributed by atoms with Crippen LogP contribution in [0.2, 0.25) is 0 Å². The number of hydrazine groups is 1. The van der Waals surface area contributed by atoms with Crippen LogP contribution in [0.15, 0.2) is 0 Å². The van der Waals surface area contributed by atoms with Crippen LogP contribution < -0.4 is 11.3 Å². The van der Waals surface area contributed by atoms with Crippen molar-refractivity contribution in [3.8, 4) is 0 Å². The van der Waals surface area contributed by atoms with Crippen LogP contribution in [0.5, 0.6) is 0 Å². The maximum atomic E-state index is 5.89. The molecule has 0 saturated heterocycles. The third-order valence-corrected chi connectivity index (χ3v) is 3.04. The molecule has 0 amide bonds. The van der Waals surface area contributed by atoms with Crippen LogP contribution in [0.1, 0.15) is 53.4 Å². The molecule has 14 heavy (non-hydrogen) atoms. The Balaban J connectivity index is 4.54. The summed E-state index contributed by atoms with van der Waals surface area (Å²) in [5.41, 5.74) is 2.82. The second kappa shape index (κ2) is 7.21. The van der Waals surface area contributed by atoms with Gasteiger partial charge in [-0.05, 0) is 26.2 Å². The van der Waals surface area contributed by atoms with E-state index in [-0.39, 0.29) is 11.6 Å². The highest BCUT2D eigenvalue weighted by atomic mass is 16.5. The topological polar surface area (TPSA) is 47.3 Å². The van der Waals surface area contributed by atoms with Gasteiger partial charge in [0.05, 0.1) is 11.6 Å². The molecule has 1 atom stereocenters. The van der Waals surface area contributed by atoms with Crippen LogP contribution in [-0.4, -0.2) is 18.2 Å². The predicted octanol–water partition coefficient (Wildman–Crippen LogP) is 2.21. The third-order valence-electron chi connectivity index (χ3n) is 3.04. The molecule has 0 fully saturated rings. The van der Waals surface area contributed by atoms with E-state index in [0.29, 0.717) is 0 Å². The number of hydrogen-bond acceptors (Lipinski definition) is 3. The Bertz CT molecular complexity index is 135. The minimum Gasteiger partial charge on any atom is -0.374 e. The number of rotatable bonds is 8. The van der Waals surface area contributed by atoms with Gasteiger partial charge in [-0.15, -0.1) is 0 Å². The van der Waals surface area contributed by atoms with E-state index in [2.05, 4.69) is 26.2 Å². The normalized spacial score (nSPS) is 14.4. The number of nitrogens with one attached hydrogen (secondary N) is 1. The first-order chi connectivity index (χ1) is 6.70. The van der Waals surface area contributed by atoms with E-state index in [0.717, 1.165) is 32.3 Å². The molecular weight excluding hydrogens is 176 g/mol. The van der Waals surface area contributed by atoms with E-state index in [4.69, 9.17) is 10.6 Å². The molecule has 0 aliphatic heterocycles. The summed E-state index contributed by atoms with van der Waals surface area (Å²) in [5.74, 6) is 5.60. The van der Waals surface area contributed by atoms with Gasteiger partial charge in [0.2, 0.25) is 0 Å². The quantitative estimate of drug-likeness (QED) is 0.468. The van der Waals surface area contributed by atoms with Crippen molar-refractivity contribution in [3.05, 3.63) is 0 Å². The summed E-state index contributed by atoms with van der Waals surface area (Å²) in [6.07, 6.45) is 4.21. The molecule has 0 saturated carbocycles. The molecule has 3 heteroatoms. The van der Waals surface area contributed by atoms with Crippen molar-refractivity contribution < 1.29 is 4.74 Å². The number of hydrogen-bond donors (Lipinski definition) is 2. The van der Waals surface area contributed by atoms with Gasteiger partial charge in [-0.1, -0.05) is 27.2 Å². The molecule has 0 aliphatic rings. The summed E-state index contributed by atoms with van der Waals surface area (Å²) < 4.78 is 5.89. The van der Waals surface area contributed by atoms with Gasteiger partial charge in [0.15, 0.2) is 0 Å². The summed E-state index contributed by atoms with van der Waals surface area (Å²) in [5, 5.41) is 0. The Morgan fingerprint density at radius 3 is 2.07 bits per heavy atom. The maximum Gasteiger partial charge on any atom is 0.0842 e. The minimum absolute atomic E-state index is 0.0838. The van der Waals surface area contributed by atoms with Gasteiger partial charge in [-0.25, -0.2) is 0 Å². The SMILES string of the molecule is CCCC(NN)C(CC)(CC)OCC. The van der Waals surface area contributed by atoms with Crippen LogP contribution in [0, 0.1) is 0 Å². The van der Waals surface area contributed by atoms with E-state index < -0.39 is 0 Å². The van der Waals surface area contributed by atoms with E-state index in [1.165, 1.54) is 0 Å². The molecule has 0 bridgehead atoms. The van der Waals surface area contributed by atoms with Crippen molar-refractivity contribution in [2.24, 2.45) is 5.84 Å². The second-order valence-electron chi connectivity index (χ2n) is 3.71. The summed E-state index contributed by atoms with van der Waals surface area (Å²) in [6, 6.07) is 0.266. The van der Waals surface area contributed by atoms with Gasteiger partial charge >= 0.3 is 0 Å². The van der Waals surface area contributed by atoms with Crippen molar-refractivity contribution >= 4 is 0 Å². The highest BCUT2D eigenvalue weighted by Crippen LogP contribution is 2.27. The van der Waals surface area contributed by atoms with E-state index >= 15 is 0 Å². The van der Waals surface area contributed by atoms with E-state index in [9.17, 15) is 0 Å². The summed E-state index contributed by atoms with van der Waals surface area (Å²) in [4.78, 5) is 0. The van der Waals surface area contributed by atoms with Gasteiger partial charge in [0.25, 0.3) is 0 Å². The number of nitrogens with two attached hydrogens (primary N) is 1. The molecule has 3 N–H and O–H groups in total. The fourth-order valence-corrected chi connectivity index (χ4v) is 2.12. The van der Waals surface area contributed by atoms with Crippen molar-refractivity contribution in [3.63, 3.8) is 0 Å². The standard InChI is InChI=1S/C11H26N2O/c1-5-9-10(13-12)11(6-2,7-3)14-8-4/h10,13H,5-9,12H2,1-4H3. The molecular formula is C11H26N2O. The molecule has 3 nitrogen and oxygen atoms in total. The Kier molecular flexibility index (Phi) is 7.15. The van der Waals surface area contributed by atoms with E-state index in [1.54, 1.807) is 0 Å². The van der Waals surface area contributed by atoms with Crippen LogP contribution in [0.25, 0.3) is 0 Å². The van der Waals surface area contributed by atoms with Crippen molar-refractivity contribution in [1.82, 2.24) is 5.43 Å². The maximum absolute atomic E-state index is 5.89. The molecule has 0 spiro atoms. The van der Waals surface area contributed by atoms with Crippen molar-refractivity contribution in [2.75, 3.05) is 6.61 Å². The molecule has 0 aromatic carbocycles. The molecule has 0 aromatic heterocycles. The fourth-order valence-electron chi connectivity index (χ4n) is 2.12.